The molecule has 0 unspecified atom stereocenters. The van der Waals surface area contributed by atoms with Gasteiger partial charge in [-0.05, 0) is 36.4 Å². The number of ether oxygens (including phenoxy) is 1. The molecule has 0 aliphatic rings. The van der Waals surface area contributed by atoms with Crippen LogP contribution in [0.2, 0.25) is 0 Å². The van der Waals surface area contributed by atoms with Gasteiger partial charge in [0.25, 0.3) is 17.7 Å². The number of aromatic nitrogens is 2. The summed E-state index contributed by atoms with van der Waals surface area (Å²) in [6, 6.07) is 10.4. The Balaban J connectivity index is 1.68. The van der Waals surface area contributed by atoms with E-state index in [1.54, 1.807) is 12.1 Å². The third-order valence-corrected chi connectivity index (χ3v) is 4.14. The summed E-state index contributed by atoms with van der Waals surface area (Å²) < 4.78 is 19.1. The summed E-state index contributed by atoms with van der Waals surface area (Å²) >= 11 is 0. The Labute approximate surface area is 170 Å². The number of benzene rings is 2. The number of imidazole rings is 1. The van der Waals surface area contributed by atoms with Gasteiger partial charge in [-0.2, -0.15) is 0 Å². The first kappa shape index (κ1) is 20.5. The summed E-state index contributed by atoms with van der Waals surface area (Å²) in [4.78, 5) is 42.9. The number of rotatable bonds is 6. The fourth-order valence-electron chi connectivity index (χ4n) is 2.63. The number of nitrogens with zero attached hydrogens (tertiary/aromatic N) is 1. The van der Waals surface area contributed by atoms with Crippen LogP contribution in [0.5, 0.6) is 5.75 Å². The van der Waals surface area contributed by atoms with E-state index in [-0.39, 0.29) is 22.7 Å². The Morgan fingerprint density at radius 2 is 1.60 bits per heavy atom. The molecule has 3 amide bonds. The number of methoxy groups -OCH3 is 1. The van der Waals surface area contributed by atoms with Crippen LogP contribution in [0.15, 0.2) is 48.8 Å². The fraction of sp³-hybridized carbons (Fsp3) is 0.100. The van der Waals surface area contributed by atoms with Crippen molar-refractivity contribution >= 4 is 29.1 Å². The Morgan fingerprint density at radius 3 is 2.20 bits per heavy atom. The zero-order chi connectivity index (χ0) is 21.7. The van der Waals surface area contributed by atoms with Gasteiger partial charge in [-0.3, -0.25) is 14.4 Å². The van der Waals surface area contributed by atoms with Gasteiger partial charge in [0, 0.05) is 18.4 Å². The van der Waals surface area contributed by atoms with Crippen molar-refractivity contribution in [2.24, 2.45) is 0 Å². The zero-order valence-electron chi connectivity index (χ0n) is 16.1. The Bertz CT molecular complexity index is 1090. The average Bonchev–Trinajstić information content (AvgIpc) is 3.25. The lowest BCUT2D eigenvalue weighted by Gasteiger charge is -2.10. The van der Waals surface area contributed by atoms with Gasteiger partial charge in [0.15, 0.2) is 17.3 Å². The van der Waals surface area contributed by atoms with Crippen LogP contribution in [-0.2, 0) is 0 Å². The third kappa shape index (κ3) is 4.27. The number of carbonyl (C=O) groups is 3. The molecule has 30 heavy (non-hydrogen) atoms. The number of halogens is 1. The lowest BCUT2D eigenvalue weighted by Crippen LogP contribution is -2.23. The number of hydrogen-bond donors (Lipinski definition) is 4. The molecular formula is C20H18FN5O4. The van der Waals surface area contributed by atoms with Crippen LogP contribution >= 0.6 is 0 Å². The predicted molar refractivity (Wildman–Crippen MR) is 107 cm³/mol. The van der Waals surface area contributed by atoms with Gasteiger partial charge in [-0.15, -0.1) is 0 Å². The summed E-state index contributed by atoms with van der Waals surface area (Å²) in [6.45, 7) is 0. The number of amides is 3. The first-order valence-electron chi connectivity index (χ1n) is 8.75. The summed E-state index contributed by atoms with van der Waals surface area (Å²) in [5.74, 6) is -2.48. The van der Waals surface area contributed by atoms with E-state index in [2.05, 4.69) is 25.9 Å². The fourth-order valence-corrected chi connectivity index (χ4v) is 2.63. The van der Waals surface area contributed by atoms with E-state index in [4.69, 9.17) is 4.74 Å². The maximum atomic E-state index is 14.2. The number of hydrogen-bond acceptors (Lipinski definition) is 5. The molecule has 0 fully saturated rings. The largest absolute Gasteiger partial charge is 0.494 e. The normalized spacial score (nSPS) is 10.2. The molecule has 9 nitrogen and oxygen atoms in total. The number of nitrogens with one attached hydrogen (secondary N) is 4. The van der Waals surface area contributed by atoms with Crippen molar-refractivity contribution in [3.63, 3.8) is 0 Å². The van der Waals surface area contributed by atoms with E-state index < -0.39 is 23.5 Å². The number of aromatic amines is 1. The molecule has 10 heteroatoms. The number of H-pyrrole nitrogens is 1. The van der Waals surface area contributed by atoms with Crippen molar-refractivity contribution < 1.29 is 23.5 Å². The molecule has 0 saturated carbocycles. The summed E-state index contributed by atoms with van der Waals surface area (Å²) in [5, 5.41) is 7.60. The smallest absolute Gasteiger partial charge is 0.274 e. The zero-order valence-corrected chi connectivity index (χ0v) is 16.1. The number of carbonyl (C=O) groups excluding carboxylic acids is 3. The molecule has 0 bridgehead atoms. The van der Waals surface area contributed by atoms with Crippen LogP contribution < -0.4 is 20.7 Å². The van der Waals surface area contributed by atoms with Crippen molar-refractivity contribution in [3.05, 3.63) is 71.6 Å². The summed E-state index contributed by atoms with van der Waals surface area (Å²) in [6.07, 6.45) is 1.25. The topological polar surface area (TPSA) is 125 Å². The highest BCUT2D eigenvalue weighted by atomic mass is 19.1. The average molecular weight is 411 g/mol. The Kier molecular flexibility index (Phi) is 6.06. The quantitative estimate of drug-likeness (QED) is 0.496. The van der Waals surface area contributed by atoms with Gasteiger partial charge in [0.1, 0.15) is 5.69 Å². The molecule has 3 aromatic rings. The molecule has 1 aromatic heterocycles. The first-order chi connectivity index (χ1) is 14.4. The molecule has 2 aromatic carbocycles. The lowest BCUT2D eigenvalue weighted by atomic mass is 10.1. The molecular weight excluding hydrogens is 393 g/mol. The van der Waals surface area contributed by atoms with Crippen molar-refractivity contribution in [1.29, 1.82) is 0 Å². The predicted octanol–water partition coefficient (Wildman–Crippen LogP) is 2.42. The van der Waals surface area contributed by atoms with Crippen molar-refractivity contribution in [1.82, 2.24) is 15.3 Å². The summed E-state index contributed by atoms with van der Waals surface area (Å²) in [5.41, 5.74) is 0.642. The van der Waals surface area contributed by atoms with E-state index >= 15 is 0 Å². The minimum absolute atomic E-state index is 0.0141. The first-order valence-corrected chi connectivity index (χ1v) is 8.75. The highest BCUT2D eigenvalue weighted by molar-refractivity contribution is 6.10. The van der Waals surface area contributed by atoms with Crippen LogP contribution in [0.4, 0.5) is 15.8 Å². The molecule has 4 N–H and O–H groups in total. The van der Waals surface area contributed by atoms with Gasteiger partial charge in [-0.25, -0.2) is 9.37 Å². The molecule has 0 spiro atoms. The third-order valence-electron chi connectivity index (χ3n) is 4.14. The maximum Gasteiger partial charge on any atom is 0.274 e. The molecule has 0 atom stereocenters. The highest BCUT2D eigenvalue weighted by Gasteiger charge is 2.20. The molecule has 0 aliphatic heterocycles. The SMILES string of the molecule is CNC(=O)c1nc[nH]c1C(=O)Nc1ccc(NC(=O)c2cccc(OC)c2F)cc1. The van der Waals surface area contributed by atoms with Crippen LogP contribution in [0.3, 0.4) is 0 Å². The lowest BCUT2D eigenvalue weighted by molar-refractivity contribution is 0.0943. The van der Waals surface area contributed by atoms with E-state index in [1.807, 2.05) is 0 Å². The van der Waals surface area contributed by atoms with Crippen LogP contribution in [-0.4, -0.2) is 41.8 Å². The molecule has 0 aliphatic carbocycles. The Hall–Kier alpha value is -4.21. The van der Waals surface area contributed by atoms with Crippen LogP contribution in [0, 0.1) is 5.82 Å². The van der Waals surface area contributed by atoms with Crippen molar-refractivity contribution in [2.75, 3.05) is 24.8 Å². The van der Waals surface area contributed by atoms with E-state index in [0.717, 1.165) is 0 Å². The second kappa shape index (κ2) is 8.86. The minimum Gasteiger partial charge on any atom is -0.494 e. The van der Waals surface area contributed by atoms with E-state index in [0.29, 0.717) is 11.4 Å². The van der Waals surface area contributed by atoms with Crippen molar-refractivity contribution in [3.8, 4) is 5.75 Å². The monoisotopic (exact) mass is 411 g/mol. The summed E-state index contributed by atoms with van der Waals surface area (Å²) in [7, 11) is 2.75. The van der Waals surface area contributed by atoms with Gasteiger partial charge in [0.05, 0.1) is 19.0 Å². The van der Waals surface area contributed by atoms with Crippen molar-refractivity contribution in [2.45, 2.75) is 0 Å². The minimum atomic E-state index is -0.757. The molecule has 3 rings (SSSR count). The second-order valence-electron chi connectivity index (χ2n) is 6.01. The van der Waals surface area contributed by atoms with Gasteiger partial charge in [0.2, 0.25) is 0 Å². The molecule has 154 valence electrons. The van der Waals surface area contributed by atoms with E-state index in [9.17, 15) is 18.8 Å². The van der Waals surface area contributed by atoms with Gasteiger partial charge in [-0.1, -0.05) is 6.07 Å². The van der Waals surface area contributed by atoms with Crippen LogP contribution in [0.1, 0.15) is 31.3 Å². The van der Waals surface area contributed by atoms with E-state index in [1.165, 1.54) is 50.8 Å². The Morgan fingerprint density at radius 1 is 0.967 bits per heavy atom. The number of anilines is 2. The van der Waals surface area contributed by atoms with Crippen LogP contribution in [0.25, 0.3) is 0 Å². The molecule has 0 radical (unpaired) electrons. The van der Waals surface area contributed by atoms with Gasteiger partial charge >= 0.3 is 0 Å². The highest BCUT2D eigenvalue weighted by Crippen LogP contribution is 2.22. The van der Waals surface area contributed by atoms with Gasteiger partial charge < -0.3 is 25.7 Å². The standard InChI is InChI=1S/C20H18FN5O4/c1-22-19(28)16-17(24-10-23-16)20(29)26-12-8-6-11(7-9-12)25-18(27)13-4-3-5-14(30-2)15(13)21/h3-10H,1-2H3,(H,22,28)(H,23,24)(H,25,27)(H,26,29). The molecule has 0 saturated heterocycles. The second-order valence-corrected chi connectivity index (χ2v) is 6.01. The maximum absolute atomic E-state index is 14.2. The molecule has 1 heterocycles.